The van der Waals surface area contributed by atoms with Crippen LogP contribution in [-0.2, 0) is 0 Å². The molecule has 0 aliphatic carbocycles. The summed E-state index contributed by atoms with van der Waals surface area (Å²) in [6.07, 6.45) is -0.586. The van der Waals surface area contributed by atoms with Crippen LogP contribution in [0, 0.1) is 0 Å². The molecule has 106 valence electrons. The molecule has 0 aliphatic heterocycles. The van der Waals surface area contributed by atoms with Crippen molar-refractivity contribution < 1.29 is 5.11 Å². The van der Waals surface area contributed by atoms with Crippen molar-refractivity contribution >= 4 is 10.8 Å². The molecule has 0 amide bonds. The van der Waals surface area contributed by atoms with Crippen molar-refractivity contribution in [2.75, 3.05) is 0 Å². The fourth-order valence-corrected chi connectivity index (χ4v) is 2.73. The van der Waals surface area contributed by atoms with Crippen molar-refractivity contribution in [2.45, 2.75) is 25.9 Å². The van der Waals surface area contributed by atoms with E-state index in [1.165, 1.54) is 5.56 Å². The largest absolute Gasteiger partial charge is 0.384 e. The van der Waals surface area contributed by atoms with Gasteiger partial charge in [0.15, 0.2) is 0 Å². The minimum atomic E-state index is -0.586. The molecule has 0 saturated carbocycles. The maximum absolute atomic E-state index is 10.7. The molecule has 1 N–H and O–H groups in total. The molecule has 0 fully saturated rings. The van der Waals surface area contributed by atoms with Gasteiger partial charge in [0.25, 0.3) is 0 Å². The molecule has 3 rings (SSSR count). The van der Waals surface area contributed by atoms with Crippen LogP contribution >= 0.6 is 0 Å². The zero-order chi connectivity index (χ0) is 14.8. The fraction of sp³-hybridized carbons (Fsp3) is 0.200. The van der Waals surface area contributed by atoms with Gasteiger partial charge >= 0.3 is 0 Å². The van der Waals surface area contributed by atoms with Crippen LogP contribution in [-0.4, -0.2) is 5.11 Å². The lowest BCUT2D eigenvalue weighted by Gasteiger charge is -2.15. The lowest BCUT2D eigenvalue weighted by Crippen LogP contribution is -2.01. The van der Waals surface area contributed by atoms with E-state index >= 15 is 0 Å². The summed E-state index contributed by atoms with van der Waals surface area (Å²) in [6.45, 7) is 4.35. The summed E-state index contributed by atoms with van der Waals surface area (Å²) in [6, 6.07) is 22.5. The van der Waals surface area contributed by atoms with Gasteiger partial charge in [0, 0.05) is 0 Å². The van der Waals surface area contributed by atoms with Gasteiger partial charge in [-0.1, -0.05) is 80.6 Å². The quantitative estimate of drug-likeness (QED) is 0.710. The Morgan fingerprint density at radius 2 is 1.33 bits per heavy atom. The minimum Gasteiger partial charge on any atom is -0.384 e. The second kappa shape index (κ2) is 5.71. The molecule has 1 atom stereocenters. The van der Waals surface area contributed by atoms with Gasteiger partial charge in [0.1, 0.15) is 6.10 Å². The Morgan fingerprint density at radius 3 is 2.05 bits per heavy atom. The Bertz CT molecular complexity index is 736. The van der Waals surface area contributed by atoms with E-state index in [-0.39, 0.29) is 0 Å². The number of rotatable bonds is 3. The van der Waals surface area contributed by atoms with Gasteiger partial charge in [0.2, 0.25) is 0 Å². The van der Waals surface area contributed by atoms with Crippen LogP contribution in [0.15, 0.2) is 66.7 Å². The van der Waals surface area contributed by atoms with Gasteiger partial charge in [-0.25, -0.2) is 0 Å². The Hall–Kier alpha value is -2.12. The molecule has 0 heterocycles. The highest BCUT2D eigenvalue weighted by molar-refractivity contribution is 5.86. The van der Waals surface area contributed by atoms with Gasteiger partial charge in [-0.05, 0) is 33.4 Å². The summed E-state index contributed by atoms with van der Waals surface area (Å²) < 4.78 is 0. The zero-order valence-electron chi connectivity index (χ0n) is 12.5. The minimum absolute atomic E-state index is 0.508. The Labute approximate surface area is 125 Å². The summed E-state index contributed by atoms with van der Waals surface area (Å²) in [7, 11) is 0. The van der Waals surface area contributed by atoms with Crippen LogP contribution in [0.3, 0.4) is 0 Å². The second-order valence-electron chi connectivity index (χ2n) is 5.79. The molecule has 3 aromatic rings. The van der Waals surface area contributed by atoms with E-state index in [9.17, 15) is 5.11 Å². The third kappa shape index (κ3) is 2.70. The van der Waals surface area contributed by atoms with Crippen molar-refractivity contribution in [1.82, 2.24) is 0 Å². The van der Waals surface area contributed by atoms with Crippen LogP contribution in [0.25, 0.3) is 10.8 Å². The van der Waals surface area contributed by atoms with E-state index in [0.29, 0.717) is 5.92 Å². The number of fused-ring (bicyclic) bond motifs is 1. The SMILES string of the molecule is CC(C)c1ccc([C@H](O)c2cccc3ccccc23)cc1. The number of benzene rings is 3. The smallest absolute Gasteiger partial charge is 0.105 e. The second-order valence-corrected chi connectivity index (χ2v) is 5.79. The normalized spacial score (nSPS) is 12.8. The van der Waals surface area contributed by atoms with Crippen LogP contribution in [0.4, 0.5) is 0 Å². The molecule has 1 nitrogen and oxygen atoms in total. The topological polar surface area (TPSA) is 20.2 Å². The first-order valence-electron chi connectivity index (χ1n) is 7.42. The molecule has 0 unspecified atom stereocenters. The molecular formula is C20H20O. The highest BCUT2D eigenvalue weighted by atomic mass is 16.3. The molecule has 0 saturated heterocycles. The molecule has 1 heteroatoms. The van der Waals surface area contributed by atoms with Crippen molar-refractivity contribution in [3.63, 3.8) is 0 Å². The van der Waals surface area contributed by atoms with E-state index in [4.69, 9.17) is 0 Å². The summed E-state index contributed by atoms with van der Waals surface area (Å²) in [5, 5.41) is 13.0. The first-order chi connectivity index (χ1) is 10.2. The summed E-state index contributed by atoms with van der Waals surface area (Å²) in [5.41, 5.74) is 3.20. The predicted octanol–water partition coefficient (Wildman–Crippen LogP) is 5.04. The van der Waals surface area contributed by atoms with Crippen molar-refractivity contribution in [1.29, 1.82) is 0 Å². The van der Waals surface area contributed by atoms with Gasteiger partial charge in [-0.2, -0.15) is 0 Å². The molecule has 0 bridgehead atoms. The molecule has 0 radical (unpaired) electrons. The molecule has 0 spiro atoms. The van der Waals surface area contributed by atoms with Crippen molar-refractivity contribution in [3.05, 3.63) is 83.4 Å². The monoisotopic (exact) mass is 276 g/mol. The molecule has 0 aromatic heterocycles. The lowest BCUT2D eigenvalue weighted by atomic mass is 9.94. The van der Waals surface area contributed by atoms with Gasteiger partial charge in [-0.15, -0.1) is 0 Å². The van der Waals surface area contributed by atoms with Crippen LogP contribution in [0.5, 0.6) is 0 Å². The van der Waals surface area contributed by atoms with Gasteiger partial charge in [-0.3, -0.25) is 0 Å². The first-order valence-corrected chi connectivity index (χ1v) is 7.42. The number of aliphatic hydroxyl groups is 1. The maximum Gasteiger partial charge on any atom is 0.105 e. The van der Waals surface area contributed by atoms with Gasteiger partial charge in [0.05, 0.1) is 0 Å². The molecule has 0 aliphatic rings. The van der Waals surface area contributed by atoms with Crippen LogP contribution < -0.4 is 0 Å². The molecular weight excluding hydrogens is 256 g/mol. The molecule has 3 aromatic carbocycles. The van der Waals surface area contributed by atoms with E-state index in [1.54, 1.807) is 0 Å². The first kappa shape index (κ1) is 13.8. The van der Waals surface area contributed by atoms with E-state index in [1.807, 2.05) is 36.4 Å². The van der Waals surface area contributed by atoms with E-state index < -0.39 is 6.10 Å². The van der Waals surface area contributed by atoms with E-state index in [2.05, 4.69) is 44.2 Å². The third-order valence-electron chi connectivity index (χ3n) is 4.04. The average Bonchev–Trinajstić information content (AvgIpc) is 2.53. The Morgan fingerprint density at radius 1 is 0.714 bits per heavy atom. The highest BCUT2D eigenvalue weighted by Crippen LogP contribution is 2.29. The van der Waals surface area contributed by atoms with E-state index in [0.717, 1.165) is 21.9 Å². The third-order valence-corrected chi connectivity index (χ3v) is 4.04. The lowest BCUT2D eigenvalue weighted by molar-refractivity contribution is 0.222. The predicted molar refractivity (Wildman–Crippen MR) is 88.5 cm³/mol. The summed E-state index contributed by atoms with van der Waals surface area (Å²) in [5.74, 6) is 0.508. The van der Waals surface area contributed by atoms with Crippen molar-refractivity contribution in [2.24, 2.45) is 0 Å². The number of hydrogen-bond acceptors (Lipinski definition) is 1. The highest BCUT2D eigenvalue weighted by Gasteiger charge is 2.13. The summed E-state index contributed by atoms with van der Waals surface area (Å²) in [4.78, 5) is 0. The molecule has 21 heavy (non-hydrogen) atoms. The zero-order valence-corrected chi connectivity index (χ0v) is 12.5. The average molecular weight is 276 g/mol. The standard InChI is InChI=1S/C20H20O/c1-14(2)15-10-12-17(13-11-15)20(21)19-9-5-7-16-6-3-4-8-18(16)19/h3-14,20-21H,1-2H3/t20-/m0/s1. The maximum atomic E-state index is 10.7. The number of aliphatic hydroxyl groups excluding tert-OH is 1. The number of hydrogen-bond donors (Lipinski definition) is 1. The fourth-order valence-electron chi connectivity index (χ4n) is 2.73. The van der Waals surface area contributed by atoms with Crippen LogP contribution in [0.2, 0.25) is 0 Å². The Kier molecular flexibility index (Phi) is 3.76. The van der Waals surface area contributed by atoms with Gasteiger partial charge < -0.3 is 5.11 Å². The van der Waals surface area contributed by atoms with Crippen molar-refractivity contribution in [3.8, 4) is 0 Å². The van der Waals surface area contributed by atoms with Crippen LogP contribution in [0.1, 0.15) is 42.6 Å². The summed E-state index contributed by atoms with van der Waals surface area (Å²) >= 11 is 0. The Balaban J connectivity index is 2.02.